The number of hydrogen-bond acceptors (Lipinski definition) is 6. The van der Waals surface area contributed by atoms with Crippen LogP contribution in [0.4, 0.5) is 10.8 Å². The highest BCUT2D eigenvalue weighted by Gasteiger charge is 2.27. The topological polar surface area (TPSA) is 82.6 Å². The predicted molar refractivity (Wildman–Crippen MR) is 116 cm³/mol. The Bertz CT molecular complexity index is 1150. The van der Waals surface area contributed by atoms with E-state index in [4.69, 9.17) is 0 Å². The number of aromatic nitrogens is 1. The molecule has 1 N–H and O–H groups in total. The minimum absolute atomic E-state index is 0.251. The van der Waals surface area contributed by atoms with Crippen molar-refractivity contribution in [3.05, 3.63) is 48.0 Å². The second-order valence-electron chi connectivity index (χ2n) is 7.16. The normalized spacial score (nSPS) is 15.0. The SMILES string of the molecule is CN(C)c1ccc(C(=O)Nc2nc3ccc(S(=O)(=O)N4CCCC4)cc3s2)cc1. The third kappa shape index (κ3) is 3.98. The second kappa shape index (κ2) is 7.74. The first-order chi connectivity index (χ1) is 13.8. The molecule has 2 heterocycles. The number of hydrogen-bond donors (Lipinski definition) is 1. The fraction of sp³-hybridized carbons (Fsp3) is 0.300. The summed E-state index contributed by atoms with van der Waals surface area (Å²) in [5.74, 6) is -0.251. The Morgan fingerprint density at radius 3 is 2.45 bits per heavy atom. The molecular weight excluding hydrogens is 408 g/mol. The molecule has 7 nitrogen and oxygen atoms in total. The highest BCUT2D eigenvalue weighted by atomic mass is 32.2. The van der Waals surface area contributed by atoms with E-state index in [1.165, 1.54) is 15.6 Å². The second-order valence-corrected chi connectivity index (χ2v) is 10.1. The van der Waals surface area contributed by atoms with Crippen LogP contribution in [-0.4, -0.2) is 50.8 Å². The molecule has 9 heteroatoms. The molecule has 1 aliphatic heterocycles. The van der Waals surface area contributed by atoms with Crippen LogP contribution in [0.3, 0.4) is 0 Å². The van der Waals surface area contributed by atoms with Gasteiger partial charge in [0.15, 0.2) is 5.13 Å². The molecule has 3 aromatic rings. The lowest BCUT2D eigenvalue weighted by atomic mass is 10.2. The van der Waals surface area contributed by atoms with Gasteiger partial charge in [-0.25, -0.2) is 13.4 Å². The third-order valence-electron chi connectivity index (χ3n) is 4.93. The van der Waals surface area contributed by atoms with Gasteiger partial charge < -0.3 is 4.90 Å². The fourth-order valence-electron chi connectivity index (χ4n) is 3.28. The number of sulfonamides is 1. The molecule has 0 radical (unpaired) electrons. The van der Waals surface area contributed by atoms with Crippen LogP contribution < -0.4 is 10.2 Å². The number of nitrogens with zero attached hydrogens (tertiary/aromatic N) is 3. The van der Waals surface area contributed by atoms with Gasteiger partial charge in [0, 0.05) is 38.4 Å². The first-order valence-electron chi connectivity index (χ1n) is 9.34. The molecule has 0 bridgehead atoms. The predicted octanol–water partition coefficient (Wildman–Crippen LogP) is 3.40. The molecule has 1 saturated heterocycles. The Hall–Kier alpha value is -2.49. The molecule has 0 aliphatic carbocycles. The van der Waals surface area contributed by atoms with Crippen LogP contribution in [0.1, 0.15) is 23.2 Å². The molecule has 0 unspecified atom stereocenters. The van der Waals surface area contributed by atoms with Crippen molar-refractivity contribution in [2.24, 2.45) is 0 Å². The average Bonchev–Trinajstić information content (AvgIpc) is 3.37. The monoisotopic (exact) mass is 430 g/mol. The lowest BCUT2D eigenvalue weighted by Crippen LogP contribution is -2.27. The van der Waals surface area contributed by atoms with Gasteiger partial charge in [0.2, 0.25) is 10.0 Å². The van der Waals surface area contributed by atoms with Crippen LogP contribution in [0.15, 0.2) is 47.4 Å². The Kier molecular flexibility index (Phi) is 5.28. The van der Waals surface area contributed by atoms with E-state index in [1.807, 2.05) is 31.1 Å². The zero-order chi connectivity index (χ0) is 20.6. The summed E-state index contributed by atoms with van der Waals surface area (Å²) in [6.45, 7) is 1.13. The molecule has 4 rings (SSSR count). The summed E-state index contributed by atoms with van der Waals surface area (Å²) in [5, 5.41) is 3.25. The number of anilines is 2. The van der Waals surface area contributed by atoms with Gasteiger partial charge >= 0.3 is 0 Å². The van der Waals surface area contributed by atoms with E-state index < -0.39 is 10.0 Å². The van der Waals surface area contributed by atoms with Gasteiger partial charge in [-0.05, 0) is 55.3 Å². The minimum Gasteiger partial charge on any atom is -0.378 e. The van der Waals surface area contributed by atoms with E-state index in [9.17, 15) is 13.2 Å². The van der Waals surface area contributed by atoms with Crippen molar-refractivity contribution in [2.45, 2.75) is 17.7 Å². The first-order valence-corrected chi connectivity index (χ1v) is 11.6. The van der Waals surface area contributed by atoms with Crippen LogP contribution >= 0.6 is 11.3 Å². The first kappa shape index (κ1) is 19.8. The largest absolute Gasteiger partial charge is 0.378 e. The molecule has 1 aromatic heterocycles. The summed E-state index contributed by atoms with van der Waals surface area (Å²) in [7, 11) is 0.401. The molecule has 29 heavy (non-hydrogen) atoms. The summed E-state index contributed by atoms with van der Waals surface area (Å²) in [4.78, 5) is 19.2. The molecule has 2 aromatic carbocycles. The Morgan fingerprint density at radius 2 is 1.79 bits per heavy atom. The van der Waals surface area contributed by atoms with Crippen molar-refractivity contribution in [3.8, 4) is 0 Å². The number of carbonyl (C=O) groups excluding carboxylic acids is 1. The maximum atomic E-state index is 12.8. The highest BCUT2D eigenvalue weighted by molar-refractivity contribution is 7.89. The number of benzene rings is 2. The van der Waals surface area contributed by atoms with Gasteiger partial charge in [0.1, 0.15) is 0 Å². The number of fused-ring (bicyclic) bond motifs is 1. The van der Waals surface area contributed by atoms with Crippen molar-refractivity contribution in [3.63, 3.8) is 0 Å². The fourth-order valence-corrected chi connectivity index (χ4v) is 5.80. The van der Waals surface area contributed by atoms with E-state index in [-0.39, 0.29) is 10.8 Å². The summed E-state index contributed by atoms with van der Waals surface area (Å²) in [5.41, 5.74) is 2.20. The third-order valence-corrected chi connectivity index (χ3v) is 7.76. The maximum absolute atomic E-state index is 12.8. The van der Waals surface area contributed by atoms with Crippen LogP contribution in [0, 0.1) is 0 Å². The van der Waals surface area contributed by atoms with Crippen molar-refractivity contribution in [1.29, 1.82) is 0 Å². The lowest BCUT2D eigenvalue weighted by molar-refractivity contribution is 0.102. The number of rotatable bonds is 5. The van der Waals surface area contributed by atoms with E-state index in [1.54, 1.807) is 30.3 Å². The van der Waals surface area contributed by atoms with Crippen LogP contribution in [0.2, 0.25) is 0 Å². The molecule has 0 saturated carbocycles. The zero-order valence-corrected chi connectivity index (χ0v) is 17.9. The standard InChI is InChI=1S/C20H22N4O3S2/c1-23(2)15-7-5-14(6-8-15)19(25)22-20-21-17-10-9-16(13-18(17)28-20)29(26,27)24-11-3-4-12-24/h5-10,13H,3-4,11-12H2,1-2H3,(H,21,22,25). The van der Waals surface area contributed by atoms with Crippen molar-refractivity contribution in [2.75, 3.05) is 37.4 Å². The molecular formula is C20H22N4O3S2. The minimum atomic E-state index is -3.48. The summed E-state index contributed by atoms with van der Waals surface area (Å²) < 4.78 is 27.8. The number of thiazole rings is 1. The number of amides is 1. The van der Waals surface area contributed by atoms with Gasteiger partial charge in [0.05, 0.1) is 15.1 Å². The smallest absolute Gasteiger partial charge is 0.257 e. The molecule has 1 fully saturated rings. The Balaban J connectivity index is 1.55. The summed E-state index contributed by atoms with van der Waals surface area (Å²) in [6, 6.07) is 12.2. The molecule has 1 aliphatic rings. The quantitative estimate of drug-likeness (QED) is 0.671. The Labute approximate surface area is 174 Å². The average molecular weight is 431 g/mol. The van der Waals surface area contributed by atoms with Crippen LogP contribution in [0.5, 0.6) is 0 Å². The number of carbonyl (C=O) groups is 1. The number of nitrogens with one attached hydrogen (secondary N) is 1. The Morgan fingerprint density at radius 1 is 1.10 bits per heavy atom. The summed E-state index contributed by atoms with van der Waals surface area (Å²) in [6.07, 6.45) is 1.79. The molecule has 152 valence electrons. The lowest BCUT2D eigenvalue weighted by Gasteiger charge is -2.15. The molecule has 0 atom stereocenters. The highest BCUT2D eigenvalue weighted by Crippen LogP contribution is 2.30. The van der Waals surface area contributed by atoms with Crippen LogP contribution in [-0.2, 0) is 10.0 Å². The van der Waals surface area contributed by atoms with E-state index in [0.29, 0.717) is 29.3 Å². The van der Waals surface area contributed by atoms with Gasteiger partial charge in [-0.15, -0.1) is 0 Å². The maximum Gasteiger partial charge on any atom is 0.257 e. The molecule has 0 spiro atoms. The zero-order valence-electron chi connectivity index (χ0n) is 16.3. The summed E-state index contributed by atoms with van der Waals surface area (Å²) >= 11 is 1.27. The van der Waals surface area contributed by atoms with Crippen molar-refractivity contribution < 1.29 is 13.2 Å². The van der Waals surface area contributed by atoms with Gasteiger partial charge in [-0.3, -0.25) is 10.1 Å². The van der Waals surface area contributed by atoms with Crippen molar-refractivity contribution in [1.82, 2.24) is 9.29 Å². The van der Waals surface area contributed by atoms with E-state index >= 15 is 0 Å². The van der Waals surface area contributed by atoms with Crippen LogP contribution in [0.25, 0.3) is 10.2 Å². The van der Waals surface area contributed by atoms with Crippen molar-refractivity contribution >= 4 is 48.3 Å². The van der Waals surface area contributed by atoms with E-state index in [2.05, 4.69) is 10.3 Å². The van der Waals surface area contributed by atoms with Gasteiger partial charge in [0.25, 0.3) is 5.91 Å². The van der Waals surface area contributed by atoms with E-state index in [0.717, 1.165) is 23.2 Å². The van der Waals surface area contributed by atoms with Gasteiger partial charge in [-0.2, -0.15) is 4.31 Å². The molecule has 1 amide bonds. The van der Waals surface area contributed by atoms with Gasteiger partial charge in [-0.1, -0.05) is 11.3 Å².